The second-order valence-corrected chi connectivity index (χ2v) is 12.9. The number of amides is 2. The average molecular weight is 594 g/mol. The number of aryl methyl sites for hydroxylation is 1. The molecular formula is C35H36ClN5O2. The summed E-state index contributed by atoms with van der Waals surface area (Å²) in [6, 6.07) is 19.5. The summed E-state index contributed by atoms with van der Waals surface area (Å²) in [7, 11) is 1.84. The van der Waals surface area contributed by atoms with E-state index < -0.39 is 0 Å². The van der Waals surface area contributed by atoms with Crippen LogP contribution >= 0.6 is 11.6 Å². The first-order chi connectivity index (χ1) is 20.9. The van der Waals surface area contributed by atoms with Crippen LogP contribution in [0.3, 0.4) is 0 Å². The van der Waals surface area contributed by atoms with Gasteiger partial charge in [-0.2, -0.15) is 0 Å². The number of hydrogen-bond donors (Lipinski definition) is 0. The highest BCUT2D eigenvalue weighted by Crippen LogP contribution is 2.42. The van der Waals surface area contributed by atoms with E-state index in [1.807, 2.05) is 31.3 Å². The van der Waals surface area contributed by atoms with Gasteiger partial charge >= 0.3 is 0 Å². The van der Waals surface area contributed by atoms with Crippen molar-refractivity contribution in [2.45, 2.75) is 44.7 Å². The Morgan fingerprint density at radius 1 is 0.953 bits per heavy atom. The van der Waals surface area contributed by atoms with Crippen molar-refractivity contribution in [3.05, 3.63) is 106 Å². The number of aromatic nitrogens is 2. The lowest BCUT2D eigenvalue weighted by molar-refractivity contribution is 0.0713. The molecule has 220 valence electrons. The molecule has 4 aromatic rings. The van der Waals surface area contributed by atoms with Gasteiger partial charge in [0.15, 0.2) is 0 Å². The van der Waals surface area contributed by atoms with Gasteiger partial charge in [-0.25, -0.2) is 0 Å². The zero-order chi connectivity index (χ0) is 29.6. The summed E-state index contributed by atoms with van der Waals surface area (Å²) in [5.74, 6) is 0.00686. The predicted molar refractivity (Wildman–Crippen MR) is 168 cm³/mol. The molecular weight excluding hydrogens is 558 g/mol. The first kappa shape index (κ1) is 28.0. The molecule has 0 N–H and O–H groups in total. The number of carbonyl (C=O) groups is 2. The van der Waals surface area contributed by atoms with Crippen molar-refractivity contribution in [2.24, 2.45) is 5.41 Å². The Balaban J connectivity index is 0.992. The van der Waals surface area contributed by atoms with Crippen LogP contribution in [0.5, 0.6) is 0 Å². The van der Waals surface area contributed by atoms with E-state index in [9.17, 15) is 9.59 Å². The Labute approximate surface area is 257 Å². The fourth-order valence-electron chi connectivity index (χ4n) is 7.33. The maximum atomic E-state index is 13.8. The van der Waals surface area contributed by atoms with Crippen LogP contribution in [-0.2, 0) is 13.0 Å². The summed E-state index contributed by atoms with van der Waals surface area (Å²) in [5, 5.41) is 0.457. The lowest BCUT2D eigenvalue weighted by atomic mass is 9.77. The minimum Gasteiger partial charge on any atom is -0.338 e. The Morgan fingerprint density at radius 2 is 1.72 bits per heavy atom. The highest BCUT2D eigenvalue weighted by Gasteiger charge is 2.42. The molecule has 1 unspecified atom stereocenters. The standard InChI is InChI=1S/C35H36ClN5O2/c1-39(34(43)27-4-2-3-5-29(27)36)32-11-9-25-7-8-26(21-28(25)32)33(42)41-19-14-35(23-41)12-17-40(18-13-35)22-24-6-10-30-31(20-24)38-16-15-37-30/h2-8,10,15-16,20-21,32H,9,11-14,17-19,22-23H2,1H3. The Hall–Kier alpha value is -3.81. The Bertz CT molecular complexity index is 1700. The van der Waals surface area contributed by atoms with Gasteiger partial charge in [-0.15, -0.1) is 0 Å². The highest BCUT2D eigenvalue weighted by atomic mass is 35.5. The van der Waals surface area contributed by atoms with Crippen molar-refractivity contribution in [1.29, 1.82) is 0 Å². The molecule has 3 aromatic carbocycles. The van der Waals surface area contributed by atoms with E-state index in [1.54, 1.807) is 29.4 Å². The van der Waals surface area contributed by atoms with Crippen LogP contribution in [0.4, 0.5) is 0 Å². The number of rotatable bonds is 5. The molecule has 2 fully saturated rings. The lowest BCUT2D eigenvalue weighted by Gasteiger charge is -2.39. The van der Waals surface area contributed by atoms with Gasteiger partial charge in [0.25, 0.3) is 11.8 Å². The summed E-state index contributed by atoms with van der Waals surface area (Å²) in [5.41, 5.74) is 6.85. The third kappa shape index (κ3) is 5.41. The quantitative estimate of drug-likeness (QED) is 0.277. The molecule has 7 rings (SSSR count). The fourth-order valence-corrected chi connectivity index (χ4v) is 7.55. The monoisotopic (exact) mass is 593 g/mol. The number of likely N-dealkylation sites (tertiary alicyclic amines) is 2. The topological polar surface area (TPSA) is 69.6 Å². The SMILES string of the molecule is CN(C(=O)c1ccccc1Cl)C1CCc2ccc(C(=O)N3CCC4(CCN(Cc5ccc6nccnc6c5)CC4)C3)cc21. The number of carbonyl (C=O) groups excluding carboxylic acids is 2. The lowest BCUT2D eigenvalue weighted by Crippen LogP contribution is -2.42. The molecule has 43 heavy (non-hydrogen) atoms. The maximum Gasteiger partial charge on any atom is 0.255 e. The van der Waals surface area contributed by atoms with Gasteiger partial charge in [0.1, 0.15) is 0 Å². The normalized spacial score (nSPS) is 19.6. The van der Waals surface area contributed by atoms with Gasteiger partial charge in [0, 0.05) is 44.6 Å². The summed E-state index contributed by atoms with van der Waals surface area (Å²) in [6.45, 7) is 4.60. The van der Waals surface area contributed by atoms with Crippen LogP contribution in [-0.4, -0.2) is 69.7 Å². The predicted octanol–water partition coefficient (Wildman–Crippen LogP) is 6.17. The molecule has 1 atom stereocenters. The summed E-state index contributed by atoms with van der Waals surface area (Å²) >= 11 is 6.33. The van der Waals surface area contributed by atoms with Crippen molar-refractivity contribution in [3.8, 4) is 0 Å². The number of piperidine rings is 1. The van der Waals surface area contributed by atoms with Crippen LogP contribution in [0.2, 0.25) is 5.02 Å². The fraction of sp³-hybridized carbons (Fsp3) is 0.371. The number of nitrogens with zero attached hydrogens (tertiary/aromatic N) is 5. The minimum atomic E-state index is -0.0951. The second kappa shape index (κ2) is 11.4. The van der Waals surface area contributed by atoms with Crippen molar-refractivity contribution < 1.29 is 9.59 Å². The molecule has 0 radical (unpaired) electrons. The number of fused-ring (bicyclic) bond motifs is 2. The Morgan fingerprint density at radius 3 is 2.53 bits per heavy atom. The van der Waals surface area contributed by atoms with Crippen LogP contribution in [0, 0.1) is 5.41 Å². The third-order valence-electron chi connectivity index (χ3n) is 9.91. The molecule has 3 heterocycles. The van der Waals surface area contributed by atoms with E-state index in [4.69, 9.17) is 11.6 Å². The molecule has 2 saturated heterocycles. The van der Waals surface area contributed by atoms with Crippen LogP contribution < -0.4 is 0 Å². The molecule has 1 spiro atoms. The summed E-state index contributed by atoms with van der Waals surface area (Å²) in [6.07, 6.45) is 8.47. The second-order valence-electron chi connectivity index (χ2n) is 12.5. The van der Waals surface area contributed by atoms with Gasteiger partial charge in [0.2, 0.25) is 0 Å². The third-order valence-corrected chi connectivity index (χ3v) is 10.2. The van der Waals surface area contributed by atoms with Crippen molar-refractivity contribution in [2.75, 3.05) is 33.2 Å². The van der Waals surface area contributed by atoms with Crippen molar-refractivity contribution >= 4 is 34.4 Å². The number of halogens is 1. The molecule has 0 bridgehead atoms. The molecule has 7 nitrogen and oxygen atoms in total. The number of benzene rings is 3. The average Bonchev–Trinajstić information content (AvgIpc) is 3.66. The van der Waals surface area contributed by atoms with E-state index in [0.717, 1.165) is 87.0 Å². The van der Waals surface area contributed by atoms with E-state index in [1.165, 1.54) is 11.1 Å². The smallest absolute Gasteiger partial charge is 0.255 e. The molecule has 2 amide bonds. The largest absolute Gasteiger partial charge is 0.338 e. The van der Waals surface area contributed by atoms with E-state index in [-0.39, 0.29) is 23.3 Å². The highest BCUT2D eigenvalue weighted by molar-refractivity contribution is 6.33. The first-order valence-corrected chi connectivity index (χ1v) is 15.6. The zero-order valence-electron chi connectivity index (χ0n) is 24.5. The van der Waals surface area contributed by atoms with E-state index in [2.05, 4.69) is 44.0 Å². The molecule has 3 aliphatic rings. The summed E-state index contributed by atoms with van der Waals surface area (Å²) in [4.78, 5) is 42.3. The van der Waals surface area contributed by atoms with Crippen LogP contribution in [0.1, 0.15) is 69.1 Å². The van der Waals surface area contributed by atoms with Gasteiger partial charge in [-0.05, 0) is 104 Å². The maximum absolute atomic E-state index is 13.8. The first-order valence-electron chi connectivity index (χ1n) is 15.2. The van der Waals surface area contributed by atoms with Crippen LogP contribution in [0.15, 0.2) is 73.1 Å². The molecule has 2 aliphatic heterocycles. The van der Waals surface area contributed by atoms with E-state index >= 15 is 0 Å². The van der Waals surface area contributed by atoms with Crippen molar-refractivity contribution in [1.82, 2.24) is 24.7 Å². The molecule has 0 saturated carbocycles. The van der Waals surface area contributed by atoms with E-state index in [0.29, 0.717) is 10.6 Å². The molecule has 1 aromatic heterocycles. The van der Waals surface area contributed by atoms with Gasteiger partial charge < -0.3 is 9.80 Å². The van der Waals surface area contributed by atoms with Gasteiger partial charge in [-0.3, -0.25) is 24.5 Å². The zero-order valence-corrected chi connectivity index (χ0v) is 25.3. The van der Waals surface area contributed by atoms with Gasteiger partial charge in [-0.1, -0.05) is 35.9 Å². The molecule has 1 aliphatic carbocycles. The van der Waals surface area contributed by atoms with Gasteiger partial charge in [0.05, 0.1) is 27.7 Å². The molecule has 8 heteroatoms. The Kier molecular flexibility index (Phi) is 7.39. The summed E-state index contributed by atoms with van der Waals surface area (Å²) < 4.78 is 0. The minimum absolute atomic E-state index is 0.0737. The number of hydrogen-bond acceptors (Lipinski definition) is 5. The van der Waals surface area contributed by atoms with Crippen LogP contribution in [0.25, 0.3) is 11.0 Å². The van der Waals surface area contributed by atoms with Crippen molar-refractivity contribution in [3.63, 3.8) is 0 Å².